The molecule has 1 saturated heterocycles. The smallest absolute Gasteiger partial charge is 0.333 e. The summed E-state index contributed by atoms with van der Waals surface area (Å²) in [6.45, 7) is 4.78. The van der Waals surface area contributed by atoms with E-state index < -0.39 is 16.9 Å². The van der Waals surface area contributed by atoms with Gasteiger partial charge >= 0.3 is 11.7 Å². The summed E-state index contributed by atoms with van der Waals surface area (Å²) in [7, 11) is 1.28. The highest BCUT2D eigenvalue weighted by Crippen LogP contribution is 2.33. The van der Waals surface area contributed by atoms with Crippen LogP contribution in [0.25, 0.3) is 0 Å². The summed E-state index contributed by atoms with van der Waals surface area (Å²) in [5.41, 5.74) is 0.250. The number of ether oxygens (including phenoxy) is 2. The van der Waals surface area contributed by atoms with Crippen LogP contribution in [-0.4, -0.2) is 53.6 Å². The van der Waals surface area contributed by atoms with Crippen LogP contribution >= 0.6 is 0 Å². The summed E-state index contributed by atoms with van der Waals surface area (Å²) in [5, 5.41) is 15.5. The van der Waals surface area contributed by atoms with Crippen molar-refractivity contribution in [1.29, 1.82) is 0 Å². The van der Waals surface area contributed by atoms with E-state index in [0.29, 0.717) is 31.2 Å². The van der Waals surface area contributed by atoms with E-state index >= 15 is 0 Å². The Morgan fingerprint density at radius 2 is 2.33 bits per heavy atom. The highest BCUT2D eigenvalue weighted by atomic mass is 16.6. The van der Waals surface area contributed by atoms with E-state index in [0.717, 1.165) is 0 Å². The Labute approximate surface area is 121 Å². The lowest BCUT2D eigenvalue weighted by atomic mass is 10.2. The van der Waals surface area contributed by atoms with Crippen LogP contribution < -0.4 is 4.90 Å². The molecule has 0 saturated carbocycles. The lowest BCUT2D eigenvalue weighted by Gasteiger charge is -2.34. The molecule has 21 heavy (non-hydrogen) atoms. The molecule has 1 unspecified atom stereocenters. The van der Waals surface area contributed by atoms with Crippen molar-refractivity contribution in [1.82, 2.24) is 9.78 Å². The third kappa shape index (κ3) is 2.68. The number of methoxy groups -OCH3 is 1. The zero-order valence-corrected chi connectivity index (χ0v) is 12.2. The first-order valence-corrected chi connectivity index (χ1v) is 6.65. The van der Waals surface area contributed by atoms with Gasteiger partial charge in [-0.2, -0.15) is 5.10 Å². The van der Waals surface area contributed by atoms with Crippen LogP contribution in [0.3, 0.4) is 0 Å². The monoisotopic (exact) mass is 298 g/mol. The number of carbonyl (C=O) groups is 1. The number of anilines is 1. The molecule has 0 spiro atoms. The van der Waals surface area contributed by atoms with Gasteiger partial charge in [0.25, 0.3) is 0 Å². The maximum Gasteiger partial charge on any atom is 0.333 e. The summed E-state index contributed by atoms with van der Waals surface area (Å²) < 4.78 is 11.6. The SMILES string of the molecule is CCn1nc(C)c([N+](=O)[O-])c1N1CCOCC1C(=O)OC. The maximum atomic E-state index is 11.9. The molecular formula is C12H18N4O5. The van der Waals surface area contributed by atoms with E-state index in [4.69, 9.17) is 9.47 Å². The number of hydrogen-bond donors (Lipinski definition) is 0. The lowest BCUT2D eigenvalue weighted by molar-refractivity contribution is -0.384. The van der Waals surface area contributed by atoms with Gasteiger partial charge in [-0.15, -0.1) is 0 Å². The second-order valence-electron chi connectivity index (χ2n) is 4.64. The molecule has 0 radical (unpaired) electrons. The molecule has 1 aromatic heterocycles. The Hall–Kier alpha value is -2.16. The third-order valence-corrected chi connectivity index (χ3v) is 3.43. The van der Waals surface area contributed by atoms with E-state index in [1.54, 1.807) is 11.8 Å². The van der Waals surface area contributed by atoms with Crippen molar-refractivity contribution in [3.8, 4) is 0 Å². The van der Waals surface area contributed by atoms with Gasteiger partial charge in [-0.1, -0.05) is 0 Å². The molecular weight excluding hydrogens is 280 g/mol. The Balaban J connectivity index is 2.51. The average molecular weight is 298 g/mol. The molecule has 1 aliphatic rings. The van der Waals surface area contributed by atoms with Crippen LogP contribution in [0, 0.1) is 17.0 Å². The number of nitrogens with zero attached hydrogens (tertiary/aromatic N) is 4. The number of hydrogen-bond acceptors (Lipinski definition) is 7. The van der Waals surface area contributed by atoms with Crippen LogP contribution in [0.2, 0.25) is 0 Å². The van der Waals surface area contributed by atoms with Gasteiger partial charge in [0, 0.05) is 13.1 Å². The van der Waals surface area contributed by atoms with E-state index in [9.17, 15) is 14.9 Å². The minimum atomic E-state index is -0.705. The molecule has 1 aliphatic heterocycles. The van der Waals surface area contributed by atoms with Gasteiger partial charge in [0.05, 0.1) is 25.2 Å². The first-order valence-electron chi connectivity index (χ1n) is 6.65. The number of esters is 1. The second kappa shape index (κ2) is 6.08. The lowest BCUT2D eigenvalue weighted by Crippen LogP contribution is -2.51. The molecule has 1 aromatic rings. The van der Waals surface area contributed by atoms with Crippen molar-refractivity contribution in [2.24, 2.45) is 0 Å². The molecule has 2 rings (SSSR count). The van der Waals surface area contributed by atoms with E-state index in [1.807, 2.05) is 6.92 Å². The minimum absolute atomic E-state index is 0.0762. The van der Waals surface area contributed by atoms with Gasteiger partial charge in [0.15, 0.2) is 6.04 Å². The second-order valence-corrected chi connectivity index (χ2v) is 4.64. The summed E-state index contributed by atoms with van der Waals surface area (Å²) in [6.07, 6.45) is 0. The molecule has 1 fully saturated rings. The van der Waals surface area contributed by atoms with Gasteiger partial charge in [0.2, 0.25) is 5.82 Å². The van der Waals surface area contributed by atoms with Crippen molar-refractivity contribution in [2.75, 3.05) is 31.8 Å². The van der Waals surface area contributed by atoms with E-state index in [2.05, 4.69) is 5.10 Å². The van der Waals surface area contributed by atoms with Gasteiger partial charge in [-0.3, -0.25) is 10.1 Å². The van der Waals surface area contributed by atoms with Crippen molar-refractivity contribution in [2.45, 2.75) is 26.4 Å². The van der Waals surface area contributed by atoms with Gasteiger partial charge in [-0.25, -0.2) is 9.48 Å². The predicted molar refractivity (Wildman–Crippen MR) is 73.3 cm³/mol. The average Bonchev–Trinajstić information content (AvgIpc) is 2.83. The Kier molecular flexibility index (Phi) is 4.41. The molecule has 0 amide bonds. The predicted octanol–water partition coefficient (Wildman–Crippen LogP) is 0.498. The molecule has 2 heterocycles. The van der Waals surface area contributed by atoms with Crippen molar-refractivity contribution >= 4 is 17.5 Å². The summed E-state index contributed by atoms with van der Waals surface area (Å²) in [6, 6.07) is -0.705. The fourth-order valence-electron chi connectivity index (χ4n) is 2.47. The number of rotatable bonds is 4. The topological polar surface area (TPSA) is 99.7 Å². The maximum absolute atomic E-state index is 11.9. The van der Waals surface area contributed by atoms with E-state index in [1.165, 1.54) is 11.8 Å². The largest absolute Gasteiger partial charge is 0.467 e. The molecule has 116 valence electrons. The first-order chi connectivity index (χ1) is 10.0. The molecule has 9 heteroatoms. The number of carbonyl (C=O) groups excluding carboxylic acids is 1. The fourth-order valence-corrected chi connectivity index (χ4v) is 2.47. The molecule has 0 aromatic carbocycles. The Morgan fingerprint density at radius 1 is 1.62 bits per heavy atom. The Bertz CT molecular complexity index is 556. The van der Waals surface area contributed by atoms with Crippen LogP contribution in [0.5, 0.6) is 0 Å². The minimum Gasteiger partial charge on any atom is -0.467 e. The molecule has 0 bridgehead atoms. The van der Waals surface area contributed by atoms with Gasteiger partial charge in [-0.05, 0) is 13.8 Å². The normalized spacial score (nSPS) is 18.6. The van der Waals surface area contributed by atoms with Crippen molar-refractivity contribution in [3.63, 3.8) is 0 Å². The van der Waals surface area contributed by atoms with Crippen LogP contribution in [0.1, 0.15) is 12.6 Å². The van der Waals surface area contributed by atoms with Crippen molar-refractivity contribution < 1.29 is 19.2 Å². The summed E-state index contributed by atoms with van der Waals surface area (Å²) >= 11 is 0. The number of aromatic nitrogens is 2. The summed E-state index contributed by atoms with van der Waals surface area (Å²) in [5.74, 6) is -0.149. The third-order valence-electron chi connectivity index (χ3n) is 3.43. The number of nitro groups is 1. The highest BCUT2D eigenvalue weighted by Gasteiger charge is 2.38. The standard InChI is InChI=1S/C12H18N4O5/c1-4-15-11(10(16(18)19)8(2)13-15)14-5-6-21-7-9(14)12(17)20-3/h9H,4-7H2,1-3H3. The van der Waals surface area contributed by atoms with Crippen molar-refractivity contribution in [3.05, 3.63) is 15.8 Å². The zero-order chi connectivity index (χ0) is 15.6. The number of aryl methyl sites for hydroxylation is 2. The Morgan fingerprint density at radius 3 is 2.90 bits per heavy atom. The van der Waals surface area contributed by atoms with Crippen LogP contribution in [0.15, 0.2) is 0 Å². The molecule has 1 atom stereocenters. The van der Waals surface area contributed by atoms with Gasteiger partial charge in [0.1, 0.15) is 5.69 Å². The molecule has 9 nitrogen and oxygen atoms in total. The van der Waals surface area contributed by atoms with E-state index in [-0.39, 0.29) is 12.3 Å². The summed E-state index contributed by atoms with van der Waals surface area (Å²) in [4.78, 5) is 24.4. The molecule has 0 aliphatic carbocycles. The van der Waals surface area contributed by atoms with Crippen LogP contribution in [0.4, 0.5) is 11.5 Å². The number of morpholine rings is 1. The van der Waals surface area contributed by atoms with Crippen LogP contribution in [-0.2, 0) is 20.8 Å². The molecule has 0 N–H and O–H groups in total. The van der Waals surface area contributed by atoms with Gasteiger partial charge < -0.3 is 14.4 Å². The highest BCUT2D eigenvalue weighted by molar-refractivity contribution is 5.81. The zero-order valence-electron chi connectivity index (χ0n) is 12.2. The fraction of sp³-hybridized carbons (Fsp3) is 0.667. The first kappa shape index (κ1) is 15.2. The quantitative estimate of drug-likeness (QED) is 0.453.